The Morgan fingerprint density at radius 3 is 2.63 bits per heavy atom. The summed E-state index contributed by atoms with van der Waals surface area (Å²) in [5.41, 5.74) is 10.7. The van der Waals surface area contributed by atoms with Crippen LogP contribution in [0.2, 0.25) is 0 Å². The molecule has 19 heavy (non-hydrogen) atoms. The smallest absolute Gasteiger partial charge is 0.340 e. The Morgan fingerprint density at radius 2 is 2.00 bits per heavy atom. The normalized spacial score (nSPS) is 17.2. The van der Waals surface area contributed by atoms with E-state index in [1.165, 1.54) is 7.11 Å². The number of nitrogen functional groups attached to an aromatic ring is 1. The highest BCUT2D eigenvalue weighted by molar-refractivity contribution is 5.96. The van der Waals surface area contributed by atoms with Crippen molar-refractivity contribution in [3.8, 4) is 0 Å². The third-order valence-corrected chi connectivity index (χ3v) is 3.23. The summed E-state index contributed by atoms with van der Waals surface area (Å²) in [6, 6.07) is 5.20. The van der Waals surface area contributed by atoms with Gasteiger partial charge in [0.1, 0.15) is 0 Å². The van der Waals surface area contributed by atoms with E-state index in [1.54, 1.807) is 18.2 Å². The van der Waals surface area contributed by atoms with E-state index in [0.29, 0.717) is 11.3 Å². The molecule has 3 N–H and O–H groups in total. The van der Waals surface area contributed by atoms with Gasteiger partial charge in [0.05, 0.1) is 18.4 Å². The van der Waals surface area contributed by atoms with E-state index in [0.717, 1.165) is 31.9 Å². The van der Waals surface area contributed by atoms with E-state index < -0.39 is 0 Å². The van der Waals surface area contributed by atoms with E-state index in [2.05, 4.69) is 22.4 Å². The maximum atomic E-state index is 11.7. The maximum absolute atomic E-state index is 11.7. The fourth-order valence-electron chi connectivity index (χ4n) is 2.03. The number of methoxy groups -OCH3 is 1. The second kappa shape index (κ2) is 5.90. The maximum Gasteiger partial charge on any atom is 0.340 e. The first-order valence-electron chi connectivity index (χ1n) is 6.28. The Morgan fingerprint density at radius 1 is 1.32 bits per heavy atom. The number of hydrogen-bond donors (Lipinski definition) is 2. The number of nitrogens with two attached hydrogens (primary N) is 1. The number of ether oxygens (including phenoxy) is 1. The van der Waals surface area contributed by atoms with Gasteiger partial charge in [-0.25, -0.2) is 9.80 Å². The summed E-state index contributed by atoms with van der Waals surface area (Å²) in [5.74, 6) is -0.385. The van der Waals surface area contributed by atoms with E-state index in [1.807, 2.05) is 0 Å². The van der Waals surface area contributed by atoms with Crippen molar-refractivity contribution in [3.05, 3.63) is 23.8 Å². The molecule has 1 aliphatic rings. The highest BCUT2D eigenvalue weighted by atomic mass is 16.5. The third kappa shape index (κ3) is 3.36. The Bertz CT molecular complexity index is 456. The predicted molar refractivity (Wildman–Crippen MR) is 74.9 cm³/mol. The summed E-state index contributed by atoms with van der Waals surface area (Å²) in [5, 5.41) is 2.10. The van der Waals surface area contributed by atoms with Crippen LogP contribution in [0.5, 0.6) is 0 Å². The lowest BCUT2D eigenvalue weighted by molar-refractivity contribution is 0.0601. The number of rotatable bonds is 3. The highest BCUT2D eigenvalue weighted by Gasteiger charge is 2.17. The molecule has 1 aliphatic heterocycles. The van der Waals surface area contributed by atoms with Crippen molar-refractivity contribution >= 4 is 17.3 Å². The number of benzene rings is 1. The SMILES string of the molecule is COC(=O)c1cc(N)ccc1NN1CCN(C)CC1. The third-order valence-electron chi connectivity index (χ3n) is 3.23. The summed E-state index contributed by atoms with van der Waals surface area (Å²) < 4.78 is 4.78. The number of hydrazine groups is 1. The molecule has 0 unspecified atom stereocenters. The predicted octanol–water partition coefficient (Wildman–Crippen LogP) is 0.630. The van der Waals surface area contributed by atoms with Crippen LogP contribution in [0.25, 0.3) is 0 Å². The number of esters is 1. The molecule has 0 bridgehead atoms. The van der Waals surface area contributed by atoms with Crippen LogP contribution in [0.4, 0.5) is 11.4 Å². The summed E-state index contributed by atoms with van der Waals surface area (Å²) in [4.78, 5) is 14.0. The van der Waals surface area contributed by atoms with Gasteiger partial charge in [-0.15, -0.1) is 0 Å². The zero-order chi connectivity index (χ0) is 13.8. The molecule has 0 saturated carbocycles. The molecular weight excluding hydrogens is 244 g/mol. The molecule has 6 nitrogen and oxygen atoms in total. The van der Waals surface area contributed by atoms with Gasteiger partial charge in [-0.2, -0.15) is 0 Å². The molecule has 1 aromatic rings. The minimum absolute atomic E-state index is 0.385. The molecule has 0 atom stereocenters. The van der Waals surface area contributed by atoms with Gasteiger partial charge in [-0.1, -0.05) is 0 Å². The van der Waals surface area contributed by atoms with Crippen LogP contribution in [0.3, 0.4) is 0 Å². The molecule has 0 aromatic heterocycles. The lowest BCUT2D eigenvalue weighted by Crippen LogP contribution is -2.47. The molecule has 6 heteroatoms. The fraction of sp³-hybridized carbons (Fsp3) is 0.462. The van der Waals surface area contributed by atoms with Gasteiger partial charge in [0.15, 0.2) is 0 Å². The van der Waals surface area contributed by atoms with Gasteiger partial charge in [-0.3, -0.25) is 0 Å². The van der Waals surface area contributed by atoms with Gasteiger partial charge >= 0.3 is 5.97 Å². The van der Waals surface area contributed by atoms with Gasteiger partial charge < -0.3 is 20.8 Å². The second-order valence-corrected chi connectivity index (χ2v) is 4.70. The number of nitrogens with zero attached hydrogens (tertiary/aromatic N) is 2. The Kier molecular flexibility index (Phi) is 4.24. The van der Waals surface area contributed by atoms with Crippen LogP contribution >= 0.6 is 0 Å². The molecule has 1 saturated heterocycles. The number of carbonyl (C=O) groups is 1. The number of carbonyl (C=O) groups excluding carboxylic acids is 1. The molecule has 104 valence electrons. The monoisotopic (exact) mass is 264 g/mol. The van der Waals surface area contributed by atoms with Crippen LogP contribution < -0.4 is 11.2 Å². The Hall–Kier alpha value is -1.79. The Labute approximate surface area is 113 Å². The molecule has 0 amide bonds. The molecule has 1 heterocycles. The van der Waals surface area contributed by atoms with Gasteiger partial charge in [-0.05, 0) is 25.2 Å². The molecule has 0 aliphatic carbocycles. The first-order valence-corrected chi connectivity index (χ1v) is 6.28. The lowest BCUT2D eigenvalue weighted by atomic mass is 10.1. The van der Waals surface area contributed by atoms with Crippen molar-refractivity contribution in [1.82, 2.24) is 9.91 Å². The average Bonchev–Trinajstić information content (AvgIpc) is 2.42. The van der Waals surface area contributed by atoms with E-state index >= 15 is 0 Å². The number of anilines is 2. The van der Waals surface area contributed by atoms with Crippen molar-refractivity contribution < 1.29 is 9.53 Å². The molecule has 1 aromatic carbocycles. The molecule has 0 spiro atoms. The van der Waals surface area contributed by atoms with Crippen LogP contribution in [-0.4, -0.2) is 56.2 Å². The largest absolute Gasteiger partial charge is 0.465 e. The average molecular weight is 264 g/mol. The van der Waals surface area contributed by atoms with Crippen LogP contribution in [0, 0.1) is 0 Å². The van der Waals surface area contributed by atoms with E-state index in [-0.39, 0.29) is 5.97 Å². The van der Waals surface area contributed by atoms with Crippen molar-refractivity contribution in [2.45, 2.75) is 0 Å². The summed E-state index contributed by atoms with van der Waals surface area (Å²) in [6.45, 7) is 3.80. The lowest BCUT2D eigenvalue weighted by Gasteiger charge is -2.33. The van der Waals surface area contributed by atoms with Crippen molar-refractivity contribution in [1.29, 1.82) is 0 Å². The number of nitrogens with one attached hydrogen (secondary N) is 1. The van der Waals surface area contributed by atoms with Gasteiger partial charge in [0, 0.05) is 31.9 Å². The second-order valence-electron chi connectivity index (χ2n) is 4.70. The van der Waals surface area contributed by atoms with E-state index in [4.69, 9.17) is 10.5 Å². The van der Waals surface area contributed by atoms with Gasteiger partial charge in [0.2, 0.25) is 0 Å². The fourth-order valence-corrected chi connectivity index (χ4v) is 2.03. The quantitative estimate of drug-likeness (QED) is 0.616. The highest BCUT2D eigenvalue weighted by Crippen LogP contribution is 2.20. The van der Waals surface area contributed by atoms with Crippen LogP contribution in [-0.2, 0) is 4.74 Å². The summed E-state index contributed by atoms with van der Waals surface area (Å²) in [7, 11) is 3.46. The number of hydrogen-bond acceptors (Lipinski definition) is 6. The summed E-state index contributed by atoms with van der Waals surface area (Å²) >= 11 is 0. The minimum atomic E-state index is -0.385. The van der Waals surface area contributed by atoms with Crippen LogP contribution in [0.1, 0.15) is 10.4 Å². The molecule has 0 radical (unpaired) electrons. The zero-order valence-corrected chi connectivity index (χ0v) is 11.3. The zero-order valence-electron chi connectivity index (χ0n) is 11.3. The Balaban J connectivity index is 2.13. The van der Waals surface area contributed by atoms with Crippen LogP contribution in [0.15, 0.2) is 18.2 Å². The van der Waals surface area contributed by atoms with Crippen molar-refractivity contribution in [2.24, 2.45) is 0 Å². The molecular formula is C13H20N4O2. The first-order chi connectivity index (χ1) is 9.10. The summed E-state index contributed by atoms with van der Waals surface area (Å²) in [6.07, 6.45) is 0. The molecule has 2 rings (SSSR count). The van der Waals surface area contributed by atoms with E-state index in [9.17, 15) is 4.79 Å². The minimum Gasteiger partial charge on any atom is -0.465 e. The standard InChI is InChI=1S/C13H20N4O2/c1-16-5-7-17(8-6-16)15-12-4-3-10(14)9-11(12)13(18)19-2/h3-4,9,15H,5-8,14H2,1-2H3. The van der Waals surface area contributed by atoms with Gasteiger partial charge in [0.25, 0.3) is 0 Å². The first kappa shape index (κ1) is 13.6. The topological polar surface area (TPSA) is 70.8 Å². The number of piperazine rings is 1. The van der Waals surface area contributed by atoms with Crippen molar-refractivity contribution in [3.63, 3.8) is 0 Å². The number of likely N-dealkylation sites (N-methyl/N-ethyl adjacent to an activating group) is 1. The van der Waals surface area contributed by atoms with Crippen molar-refractivity contribution in [2.75, 3.05) is 51.5 Å². The molecule has 1 fully saturated rings.